The zero-order chi connectivity index (χ0) is 11.5. The van der Waals surface area contributed by atoms with Crippen LogP contribution < -0.4 is 0 Å². The fraction of sp³-hybridized carbons (Fsp3) is 0.222. The van der Waals surface area contributed by atoms with E-state index in [1.54, 1.807) is 4.68 Å². The summed E-state index contributed by atoms with van der Waals surface area (Å²) in [5.74, 6) is -0.479. The largest absolute Gasteiger partial charge is 0.463 e. The minimum Gasteiger partial charge on any atom is -0.463 e. The fourth-order valence-electron chi connectivity index (χ4n) is 1.15. The van der Waals surface area contributed by atoms with Gasteiger partial charge < -0.3 is 4.74 Å². The fourth-order valence-corrected chi connectivity index (χ4v) is 2.23. The van der Waals surface area contributed by atoms with E-state index in [-0.39, 0.29) is 5.82 Å². The molecular formula is C9H8ClN3O2S. The zero-order valence-electron chi connectivity index (χ0n) is 8.38. The van der Waals surface area contributed by atoms with Crippen molar-refractivity contribution in [3.8, 4) is 0 Å². The van der Waals surface area contributed by atoms with Crippen LogP contribution in [0.25, 0.3) is 0 Å². The average Bonchev–Trinajstić information content (AvgIpc) is 2.87. The number of hydrogen-bond donors (Lipinski definition) is 0. The van der Waals surface area contributed by atoms with Crippen LogP contribution in [0, 0.1) is 0 Å². The van der Waals surface area contributed by atoms with Gasteiger partial charge in [0.25, 0.3) is 5.82 Å². The molecule has 0 atom stereocenters. The van der Waals surface area contributed by atoms with Crippen LogP contribution in [-0.4, -0.2) is 27.8 Å². The summed E-state index contributed by atoms with van der Waals surface area (Å²) in [5.41, 5.74) is 0. The molecule has 7 heteroatoms. The van der Waals surface area contributed by atoms with Gasteiger partial charge >= 0.3 is 5.97 Å². The van der Waals surface area contributed by atoms with Crippen molar-refractivity contribution in [2.75, 3.05) is 7.11 Å². The van der Waals surface area contributed by atoms with E-state index in [4.69, 9.17) is 11.6 Å². The Morgan fingerprint density at radius 3 is 3.06 bits per heavy atom. The highest BCUT2D eigenvalue weighted by Crippen LogP contribution is 2.21. The van der Waals surface area contributed by atoms with Gasteiger partial charge in [-0.15, -0.1) is 16.4 Å². The van der Waals surface area contributed by atoms with Crippen molar-refractivity contribution >= 4 is 28.9 Å². The van der Waals surface area contributed by atoms with E-state index in [1.807, 2.05) is 12.1 Å². The van der Waals surface area contributed by atoms with Crippen LogP contribution in [0.15, 0.2) is 18.5 Å². The Morgan fingerprint density at radius 1 is 1.62 bits per heavy atom. The first-order valence-corrected chi connectivity index (χ1v) is 5.60. The zero-order valence-corrected chi connectivity index (χ0v) is 9.96. The first kappa shape index (κ1) is 11.1. The van der Waals surface area contributed by atoms with Crippen molar-refractivity contribution in [3.63, 3.8) is 0 Å². The quantitative estimate of drug-likeness (QED) is 0.787. The summed E-state index contributed by atoms with van der Waals surface area (Å²) in [6.45, 7) is 0.543. The lowest BCUT2D eigenvalue weighted by molar-refractivity contribution is 0.0586. The SMILES string of the molecule is COC(=O)c1ncn(Cc2ccc(Cl)s2)n1. The summed E-state index contributed by atoms with van der Waals surface area (Å²) >= 11 is 7.27. The molecule has 0 saturated heterocycles. The van der Waals surface area contributed by atoms with Crippen LogP contribution >= 0.6 is 22.9 Å². The number of carbonyl (C=O) groups is 1. The molecule has 2 rings (SSSR count). The maximum atomic E-state index is 11.1. The maximum Gasteiger partial charge on any atom is 0.377 e. The van der Waals surface area contributed by atoms with Gasteiger partial charge in [-0.2, -0.15) is 0 Å². The Bertz CT molecular complexity index is 508. The first-order valence-electron chi connectivity index (χ1n) is 4.41. The molecule has 0 bridgehead atoms. The molecule has 2 heterocycles. The molecule has 0 fully saturated rings. The van der Waals surface area contributed by atoms with Gasteiger partial charge in [0.2, 0.25) is 0 Å². The summed E-state index contributed by atoms with van der Waals surface area (Å²) in [6.07, 6.45) is 1.49. The summed E-state index contributed by atoms with van der Waals surface area (Å²) in [5, 5.41) is 3.98. The second-order valence-corrected chi connectivity index (χ2v) is 4.76. The molecule has 0 aliphatic heterocycles. The molecule has 0 N–H and O–H groups in total. The van der Waals surface area contributed by atoms with Gasteiger partial charge in [-0.05, 0) is 12.1 Å². The third kappa shape index (κ3) is 2.40. The standard InChI is InChI=1S/C9H8ClN3O2S/c1-15-9(14)8-11-5-13(12-8)4-6-2-3-7(10)16-6/h2-3,5H,4H2,1H3. The molecule has 0 amide bonds. The lowest BCUT2D eigenvalue weighted by atomic mass is 10.5. The highest BCUT2D eigenvalue weighted by molar-refractivity contribution is 7.16. The number of rotatable bonds is 3. The van der Waals surface area contributed by atoms with E-state index in [0.29, 0.717) is 6.54 Å². The number of thiophene rings is 1. The monoisotopic (exact) mass is 257 g/mol. The van der Waals surface area contributed by atoms with Gasteiger partial charge in [0, 0.05) is 4.88 Å². The van der Waals surface area contributed by atoms with Crippen LogP contribution in [0.3, 0.4) is 0 Å². The highest BCUT2D eigenvalue weighted by Gasteiger charge is 2.11. The van der Waals surface area contributed by atoms with E-state index in [9.17, 15) is 4.79 Å². The normalized spacial score (nSPS) is 10.4. The van der Waals surface area contributed by atoms with Gasteiger partial charge in [0.05, 0.1) is 18.0 Å². The third-order valence-electron chi connectivity index (χ3n) is 1.85. The Morgan fingerprint density at radius 2 is 2.44 bits per heavy atom. The lowest BCUT2D eigenvalue weighted by Gasteiger charge is -1.95. The average molecular weight is 258 g/mol. The van der Waals surface area contributed by atoms with Crippen LogP contribution in [-0.2, 0) is 11.3 Å². The summed E-state index contributed by atoms with van der Waals surface area (Å²) in [7, 11) is 1.29. The maximum absolute atomic E-state index is 11.1. The number of carbonyl (C=O) groups excluding carboxylic acids is 1. The Labute approximate surface area is 101 Å². The number of aromatic nitrogens is 3. The van der Waals surface area contributed by atoms with Gasteiger partial charge in [-0.25, -0.2) is 14.5 Å². The van der Waals surface area contributed by atoms with Crippen molar-refractivity contribution in [2.24, 2.45) is 0 Å². The topological polar surface area (TPSA) is 57.0 Å². The second-order valence-electron chi connectivity index (χ2n) is 2.96. The molecule has 0 saturated carbocycles. The molecule has 0 unspecified atom stereocenters. The van der Waals surface area contributed by atoms with Crippen molar-refractivity contribution in [1.29, 1.82) is 0 Å². The first-order chi connectivity index (χ1) is 7.69. The summed E-state index contributed by atoms with van der Waals surface area (Å²) in [4.78, 5) is 16.0. The molecule has 2 aromatic heterocycles. The van der Waals surface area contributed by atoms with Crippen molar-refractivity contribution in [2.45, 2.75) is 6.54 Å². The van der Waals surface area contributed by atoms with Gasteiger partial charge in [0.15, 0.2) is 0 Å². The van der Waals surface area contributed by atoms with Gasteiger partial charge in [-0.3, -0.25) is 0 Å². The molecule has 0 radical (unpaired) electrons. The van der Waals surface area contributed by atoms with Crippen LogP contribution in [0.1, 0.15) is 15.5 Å². The van der Waals surface area contributed by atoms with Crippen molar-refractivity contribution in [1.82, 2.24) is 14.8 Å². The van der Waals surface area contributed by atoms with E-state index in [2.05, 4.69) is 14.8 Å². The molecule has 0 spiro atoms. The minimum atomic E-state index is -0.539. The number of esters is 1. The van der Waals surface area contributed by atoms with E-state index in [0.717, 1.165) is 9.21 Å². The minimum absolute atomic E-state index is 0.0603. The van der Waals surface area contributed by atoms with Crippen molar-refractivity contribution in [3.05, 3.63) is 33.5 Å². The summed E-state index contributed by atoms with van der Waals surface area (Å²) < 4.78 is 6.80. The summed E-state index contributed by atoms with van der Waals surface area (Å²) in [6, 6.07) is 3.73. The molecule has 0 aromatic carbocycles. The van der Waals surface area contributed by atoms with Gasteiger partial charge in [-0.1, -0.05) is 11.6 Å². The van der Waals surface area contributed by atoms with Crippen LogP contribution in [0.4, 0.5) is 0 Å². The lowest BCUT2D eigenvalue weighted by Crippen LogP contribution is -2.06. The van der Waals surface area contributed by atoms with Crippen LogP contribution in [0.2, 0.25) is 4.34 Å². The van der Waals surface area contributed by atoms with Gasteiger partial charge in [0.1, 0.15) is 6.33 Å². The molecular weight excluding hydrogens is 250 g/mol. The molecule has 84 valence electrons. The smallest absolute Gasteiger partial charge is 0.377 e. The molecule has 16 heavy (non-hydrogen) atoms. The molecule has 2 aromatic rings. The predicted molar refractivity (Wildman–Crippen MR) is 59.8 cm³/mol. The molecule has 5 nitrogen and oxygen atoms in total. The molecule has 0 aliphatic rings. The second kappa shape index (κ2) is 4.63. The number of hydrogen-bond acceptors (Lipinski definition) is 5. The van der Waals surface area contributed by atoms with E-state index in [1.165, 1.54) is 24.8 Å². The highest BCUT2D eigenvalue weighted by atomic mass is 35.5. The third-order valence-corrected chi connectivity index (χ3v) is 3.07. The Kier molecular flexibility index (Phi) is 3.21. The van der Waals surface area contributed by atoms with E-state index < -0.39 is 5.97 Å². The van der Waals surface area contributed by atoms with Crippen molar-refractivity contribution < 1.29 is 9.53 Å². The predicted octanol–water partition coefficient (Wildman–Crippen LogP) is 1.83. The number of methoxy groups -OCH3 is 1. The van der Waals surface area contributed by atoms with Crippen LogP contribution in [0.5, 0.6) is 0 Å². The number of ether oxygens (including phenoxy) is 1. The molecule has 0 aliphatic carbocycles. The number of halogens is 1. The Hall–Kier alpha value is -1.40. The Balaban J connectivity index is 2.11. The number of nitrogens with zero attached hydrogens (tertiary/aromatic N) is 3. The van der Waals surface area contributed by atoms with E-state index >= 15 is 0 Å².